The lowest BCUT2D eigenvalue weighted by atomic mass is 9.84. The molecule has 8 nitrogen and oxygen atoms in total. The average Bonchev–Trinajstić information content (AvgIpc) is 2.68. The third kappa shape index (κ3) is 4.48. The Hall–Kier alpha value is -2.19. The van der Waals surface area contributed by atoms with Crippen molar-refractivity contribution in [1.82, 2.24) is 4.90 Å². The number of likely N-dealkylation sites (N-methyl/N-ethyl adjacent to an activating group) is 1. The minimum Gasteiger partial charge on any atom is -0.508 e. The van der Waals surface area contributed by atoms with E-state index in [1.54, 1.807) is 24.3 Å². The molecule has 4 rings (SSSR count). The van der Waals surface area contributed by atoms with Gasteiger partial charge in [-0.1, -0.05) is 23.7 Å². The normalized spacial score (nSPS) is 20.0. The molecule has 2 aromatic carbocycles. The zero-order chi connectivity index (χ0) is 23.2. The molecular weight excluding hydrogens is 457 g/mol. The number of benzene rings is 2. The van der Waals surface area contributed by atoms with E-state index in [-0.39, 0.29) is 33.6 Å². The summed E-state index contributed by atoms with van der Waals surface area (Å²) >= 11 is 6.28. The van der Waals surface area contributed by atoms with Gasteiger partial charge in [0.05, 0.1) is 22.7 Å². The van der Waals surface area contributed by atoms with E-state index in [9.17, 15) is 29.4 Å². The van der Waals surface area contributed by atoms with Crippen LogP contribution in [0.3, 0.4) is 0 Å². The quantitative estimate of drug-likeness (QED) is 0.419. The highest BCUT2D eigenvalue weighted by Gasteiger charge is 2.33. The lowest BCUT2D eigenvalue weighted by Gasteiger charge is -2.34. The van der Waals surface area contributed by atoms with Crippen molar-refractivity contribution in [3.8, 4) is 17.1 Å². The number of halogens is 1. The van der Waals surface area contributed by atoms with Crippen molar-refractivity contribution in [2.45, 2.75) is 24.6 Å². The standard InChI is InChI=1S/C22H23ClNO7P/c1-24-7-6-14(18(27)10-24)21-16(25)8-12(11-32(28,29)30)20-17(26)9-19(31-22(20)21)13-4-2-3-5-15(13)23/h2-5,8-9,14,18,25,27H,6-7,10-11H2,1H3,(H2,28,29,30). The molecule has 1 fully saturated rings. The summed E-state index contributed by atoms with van der Waals surface area (Å²) in [6, 6.07) is 9.19. The third-order valence-corrected chi connectivity index (χ3v) is 6.85. The maximum atomic E-state index is 13.2. The van der Waals surface area contributed by atoms with Gasteiger partial charge in [0, 0.05) is 29.7 Å². The summed E-state index contributed by atoms with van der Waals surface area (Å²) in [6.07, 6.45) is -1.06. The van der Waals surface area contributed by atoms with Crippen molar-refractivity contribution >= 4 is 30.2 Å². The second kappa shape index (κ2) is 8.63. The lowest BCUT2D eigenvalue weighted by Crippen LogP contribution is -2.40. The highest BCUT2D eigenvalue weighted by Crippen LogP contribution is 2.45. The van der Waals surface area contributed by atoms with Crippen LogP contribution >= 0.6 is 19.2 Å². The van der Waals surface area contributed by atoms with E-state index in [4.69, 9.17) is 16.0 Å². The van der Waals surface area contributed by atoms with Crippen LogP contribution in [0.1, 0.15) is 23.5 Å². The zero-order valence-corrected chi connectivity index (χ0v) is 18.9. The SMILES string of the molecule is CN1CCC(c2c(O)cc(CP(=O)(O)O)c3c(=O)cc(-c4ccccc4Cl)oc23)C(O)C1. The predicted molar refractivity (Wildman–Crippen MR) is 121 cm³/mol. The number of phenolic OH excluding ortho intramolecular Hbond substituents is 1. The molecule has 1 saturated heterocycles. The van der Waals surface area contributed by atoms with E-state index in [0.29, 0.717) is 30.1 Å². The second-order valence-electron chi connectivity index (χ2n) is 8.17. The molecule has 4 N–H and O–H groups in total. The lowest BCUT2D eigenvalue weighted by molar-refractivity contribution is 0.0631. The van der Waals surface area contributed by atoms with Gasteiger partial charge in [0.25, 0.3) is 0 Å². The van der Waals surface area contributed by atoms with Crippen molar-refractivity contribution in [1.29, 1.82) is 0 Å². The van der Waals surface area contributed by atoms with E-state index in [1.807, 2.05) is 11.9 Å². The summed E-state index contributed by atoms with van der Waals surface area (Å²) in [7, 11) is -2.67. The molecule has 0 spiro atoms. The van der Waals surface area contributed by atoms with Crippen LogP contribution in [-0.2, 0) is 10.7 Å². The van der Waals surface area contributed by atoms with Crippen LogP contribution in [0.25, 0.3) is 22.3 Å². The van der Waals surface area contributed by atoms with Gasteiger partial charge >= 0.3 is 7.60 Å². The largest absolute Gasteiger partial charge is 0.508 e. The minimum absolute atomic E-state index is 0.00414. The number of likely N-dealkylation sites (tertiary alicyclic amines) is 1. The van der Waals surface area contributed by atoms with Crippen LogP contribution in [0.4, 0.5) is 0 Å². The monoisotopic (exact) mass is 479 g/mol. The van der Waals surface area contributed by atoms with Crippen molar-refractivity contribution in [2.75, 3.05) is 20.1 Å². The fourth-order valence-electron chi connectivity index (χ4n) is 4.34. The fourth-order valence-corrected chi connectivity index (χ4v) is 5.27. The molecule has 1 aromatic heterocycles. The summed E-state index contributed by atoms with van der Waals surface area (Å²) in [6.45, 7) is 1.02. The molecule has 0 amide bonds. The van der Waals surface area contributed by atoms with Gasteiger partial charge in [0.2, 0.25) is 0 Å². The molecule has 170 valence electrons. The summed E-state index contributed by atoms with van der Waals surface area (Å²) in [5.41, 5.74) is 0.179. The van der Waals surface area contributed by atoms with Crippen molar-refractivity contribution < 1.29 is 29.0 Å². The molecule has 32 heavy (non-hydrogen) atoms. The smallest absolute Gasteiger partial charge is 0.329 e. The maximum absolute atomic E-state index is 13.2. The van der Waals surface area contributed by atoms with E-state index in [0.717, 1.165) is 0 Å². The van der Waals surface area contributed by atoms with E-state index >= 15 is 0 Å². The van der Waals surface area contributed by atoms with Crippen molar-refractivity contribution in [2.24, 2.45) is 0 Å². The molecule has 10 heteroatoms. The van der Waals surface area contributed by atoms with Gasteiger partial charge in [-0.2, -0.15) is 0 Å². The van der Waals surface area contributed by atoms with Gasteiger partial charge in [-0.3, -0.25) is 9.36 Å². The molecule has 0 bridgehead atoms. The van der Waals surface area contributed by atoms with Crippen LogP contribution in [-0.4, -0.2) is 51.1 Å². The van der Waals surface area contributed by atoms with Gasteiger partial charge in [-0.05, 0) is 43.8 Å². The van der Waals surface area contributed by atoms with Gasteiger partial charge in [0.15, 0.2) is 5.43 Å². The number of aromatic hydroxyl groups is 1. The Bertz CT molecular complexity index is 1290. The van der Waals surface area contributed by atoms with E-state index in [1.165, 1.54) is 12.1 Å². The second-order valence-corrected chi connectivity index (χ2v) is 10.2. The first-order chi connectivity index (χ1) is 15.0. The van der Waals surface area contributed by atoms with Crippen LogP contribution in [0, 0.1) is 0 Å². The number of hydrogen-bond donors (Lipinski definition) is 4. The highest BCUT2D eigenvalue weighted by atomic mass is 35.5. The molecular formula is C22H23ClNO7P. The Balaban J connectivity index is 2.03. The fraction of sp³-hybridized carbons (Fsp3) is 0.318. The molecule has 3 aromatic rings. The maximum Gasteiger partial charge on any atom is 0.329 e. The van der Waals surface area contributed by atoms with Gasteiger partial charge in [0.1, 0.15) is 17.1 Å². The Morgan fingerprint density at radius 1 is 1.25 bits per heavy atom. The first-order valence-corrected chi connectivity index (χ1v) is 12.2. The number of aliphatic hydroxyl groups excluding tert-OH is 1. The molecule has 1 aliphatic rings. The number of aliphatic hydroxyl groups is 1. The molecule has 0 aliphatic carbocycles. The Labute approximate surface area is 188 Å². The third-order valence-electron chi connectivity index (χ3n) is 5.77. The first-order valence-electron chi connectivity index (χ1n) is 10.0. The van der Waals surface area contributed by atoms with Crippen LogP contribution < -0.4 is 5.43 Å². The Kier molecular flexibility index (Phi) is 6.20. The zero-order valence-electron chi connectivity index (χ0n) is 17.2. The highest BCUT2D eigenvalue weighted by molar-refractivity contribution is 7.50. The summed E-state index contributed by atoms with van der Waals surface area (Å²) < 4.78 is 17.8. The van der Waals surface area contributed by atoms with Gasteiger partial charge < -0.3 is 29.3 Å². The van der Waals surface area contributed by atoms with Crippen LogP contribution in [0.5, 0.6) is 5.75 Å². The molecule has 2 heterocycles. The first kappa shape index (κ1) is 23.0. The Morgan fingerprint density at radius 2 is 1.97 bits per heavy atom. The van der Waals surface area contributed by atoms with E-state index in [2.05, 4.69) is 0 Å². The van der Waals surface area contributed by atoms with Crippen LogP contribution in [0.15, 0.2) is 45.6 Å². The summed E-state index contributed by atoms with van der Waals surface area (Å²) in [5, 5.41) is 21.9. The number of nitrogens with zero attached hydrogens (tertiary/aromatic N) is 1. The number of phenols is 1. The number of β-amino-alcohol motifs (C(OH)–C–C–N with tert-alkyl or cyclic N) is 1. The molecule has 0 saturated carbocycles. The van der Waals surface area contributed by atoms with Gasteiger partial charge in [-0.25, -0.2) is 0 Å². The summed E-state index contributed by atoms with van der Waals surface area (Å²) in [5.74, 6) is -0.652. The molecule has 2 atom stereocenters. The minimum atomic E-state index is -4.55. The van der Waals surface area contributed by atoms with Gasteiger partial charge in [-0.15, -0.1) is 0 Å². The molecule has 2 unspecified atom stereocenters. The Morgan fingerprint density at radius 3 is 2.62 bits per heavy atom. The number of hydrogen-bond acceptors (Lipinski definition) is 6. The van der Waals surface area contributed by atoms with Crippen molar-refractivity contribution in [3.05, 3.63) is 62.8 Å². The molecule has 0 radical (unpaired) electrons. The van der Waals surface area contributed by atoms with E-state index < -0.39 is 31.2 Å². The number of fused-ring (bicyclic) bond motifs is 1. The number of piperidine rings is 1. The topological polar surface area (TPSA) is 131 Å². The molecule has 1 aliphatic heterocycles. The number of rotatable bonds is 4. The van der Waals surface area contributed by atoms with Crippen LogP contribution in [0.2, 0.25) is 5.02 Å². The van der Waals surface area contributed by atoms with Crippen molar-refractivity contribution in [3.63, 3.8) is 0 Å². The summed E-state index contributed by atoms with van der Waals surface area (Å²) in [4.78, 5) is 34.1. The predicted octanol–water partition coefficient (Wildman–Crippen LogP) is 3.28. The average molecular weight is 480 g/mol.